The second-order valence-electron chi connectivity index (χ2n) is 7.78. The summed E-state index contributed by atoms with van der Waals surface area (Å²) in [6, 6.07) is 11.4. The van der Waals surface area contributed by atoms with Crippen LogP contribution in [0.5, 0.6) is 0 Å². The van der Waals surface area contributed by atoms with Crippen molar-refractivity contribution in [2.45, 2.75) is 25.2 Å². The molecule has 0 atom stereocenters. The Bertz CT molecular complexity index is 1190. The van der Waals surface area contributed by atoms with Gasteiger partial charge in [-0.3, -0.25) is 4.79 Å². The van der Waals surface area contributed by atoms with Gasteiger partial charge in [-0.15, -0.1) is 0 Å². The standard InChI is InChI=1S/C22H27N5O4S/c1-16-13-17(2)27(25-16)19-5-3-18(4-6-19)7-8-23-22(28)21-14-20(15-24-21)32(29,30)26-9-11-31-12-10-26/h3-6,13-15,24H,7-12H2,1-2H3,(H,23,28). The highest BCUT2D eigenvalue weighted by Gasteiger charge is 2.27. The van der Waals surface area contributed by atoms with Gasteiger partial charge in [0, 0.05) is 31.5 Å². The van der Waals surface area contributed by atoms with E-state index in [-0.39, 0.29) is 16.5 Å². The van der Waals surface area contributed by atoms with Gasteiger partial charge in [-0.05, 0) is 50.1 Å². The summed E-state index contributed by atoms with van der Waals surface area (Å²) in [5.41, 5.74) is 4.33. The van der Waals surface area contributed by atoms with Gasteiger partial charge in [0.25, 0.3) is 5.91 Å². The van der Waals surface area contributed by atoms with Gasteiger partial charge in [-0.1, -0.05) is 12.1 Å². The molecule has 3 heterocycles. The first-order valence-electron chi connectivity index (χ1n) is 10.5. The van der Waals surface area contributed by atoms with Crippen molar-refractivity contribution in [3.63, 3.8) is 0 Å². The number of morpholine rings is 1. The molecule has 0 bridgehead atoms. The van der Waals surface area contributed by atoms with Crippen LogP contribution in [0.3, 0.4) is 0 Å². The van der Waals surface area contributed by atoms with Crippen molar-refractivity contribution >= 4 is 15.9 Å². The molecule has 32 heavy (non-hydrogen) atoms. The maximum absolute atomic E-state index is 12.7. The molecule has 4 rings (SSSR count). The molecule has 0 radical (unpaired) electrons. The van der Waals surface area contributed by atoms with Crippen LogP contribution in [0.15, 0.2) is 47.5 Å². The summed E-state index contributed by atoms with van der Waals surface area (Å²) in [4.78, 5) is 15.3. The monoisotopic (exact) mass is 457 g/mol. The number of hydrogen-bond acceptors (Lipinski definition) is 5. The van der Waals surface area contributed by atoms with Crippen LogP contribution in [-0.4, -0.2) is 66.2 Å². The Morgan fingerprint density at radius 2 is 1.88 bits per heavy atom. The first-order valence-corrected chi connectivity index (χ1v) is 12.0. The molecule has 1 aromatic carbocycles. The minimum absolute atomic E-state index is 0.0873. The number of carbonyl (C=O) groups excluding carboxylic acids is 1. The van der Waals surface area contributed by atoms with Crippen molar-refractivity contribution in [2.24, 2.45) is 0 Å². The predicted molar refractivity (Wildman–Crippen MR) is 119 cm³/mol. The number of H-pyrrole nitrogens is 1. The molecule has 170 valence electrons. The van der Waals surface area contributed by atoms with E-state index in [1.54, 1.807) is 0 Å². The molecule has 1 aliphatic rings. The van der Waals surface area contributed by atoms with Gasteiger partial charge in [0.15, 0.2) is 0 Å². The minimum atomic E-state index is -3.63. The lowest BCUT2D eigenvalue weighted by atomic mass is 10.1. The maximum atomic E-state index is 12.7. The zero-order valence-electron chi connectivity index (χ0n) is 18.2. The fourth-order valence-electron chi connectivity index (χ4n) is 3.70. The van der Waals surface area contributed by atoms with Gasteiger partial charge in [0.1, 0.15) is 10.6 Å². The Labute approximate surface area is 187 Å². The van der Waals surface area contributed by atoms with Crippen molar-refractivity contribution in [3.05, 3.63) is 65.2 Å². The lowest BCUT2D eigenvalue weighted by molar-refractivity contribution is 0.0730. The van der Waals surface area contributed by atoms with Crippen LogP contribution in [0.2, 0.25) is 0 Å². The first-order chi connectivity index (χ1) is 15.3. The van der Waals surface area contributed by atoms with Crippen LogP contribution in [0, 0.1) is 13.8 Å². The number of benzene rings is 1. The molecule has 1 aliphatic heterocycles. The van der Waals surface area contributed by atoms with Crippen LogP contribution < -0.4 is 5.32 Å². The van der Waals surface area contributed by atoms with Crippen LogP contribution in [0.25, 0.3) is 5.69 Å². The van der Waals surface area contributed by atoms with Crippen LogP contribution >= 0.6 is 0 Å². The molecule has 0 aliphatic carbocycles. The summed E-state index contributed by atoms with van der Waals surface area (Å²) < 4.78 is 33.9. The van der Waals surface area contributed by atoms with E-state index in [4.69, 9.17) is 4.74 Å². The van der Waals surface area contributed by atoms with Gasteiger partial charge >= 0.3 is 0 Å². The highest BCUT2D eigenvalue weighted by molar-refractivity contribution is 7.89. The van der Waals surface area contributed by atoms with E-state index in [9.17, 15) is 13.2 Å². The average Bonchev–Trinajstić information content (AvgIpc) is 3.42. The lowest BCUT2D eigenvalue weighted by Gasteiger charge is -2.25. The average molecular weight is 458 g/mol. The molecule has 1 saturated heterocycles. The van der Waals surface area contributed by atoms with Crippen molar-refractivity contribution in [1.29, 1.82) is 0 Å². The molecular formula is C22H27N5O4S. The minimum Gasteiger partial charge on any atom is -0.379 e. The Kier molecular flexibility index (Phi) is 6.45. The fraction of sp³-hybridized carbons (Fsp3) is 0.364. The van der Waals surface area contributed by atoms with Crippen LogP contribution in [0.1, 0.15) is 27.4 Å². The zero-order chi connectivity index (χ0) is 22.7. The number of hydrogen-bond donors (Lipinski definition) is 2. The fourth-order valence-corrected chi connectivity index (χ4v) is 5.10. The number of amides is 1. The largest absolute Gasteiger partial charge is 0.379 e. The maximum Gasteiger partial charge on any atom is 0.267 e. The van der Waals surface area contributed by atoms with E-state index in [2.05, 4.69) is 15.4 Å². The number of aromatic nitrogens is 3. The molecule has 0 saturated carbocycles. The molecule has 1 amide bonds. The molecule has 3 aromatic rings. The second-order valence-corrected chi connectivity index (χ2v) is 9.71. The Morgan fingerprint density at radius 1 is 1.16 bits per heavy atom. The van der Waals surface area contributed by atoms with E-state index < -0.39 is 10.0 Å². The van der Waals surface area contributed by atoms with Crippen LogP contribution in [-0.2, 0) is 21.2 Å². The number of carbonyl (C=O) groups is 1. The molecule has 2 aromatic heterocycles. The molecule has 2 N–H and O–H groups in total. The van der Waals surface area contributed by atoms with E-state index >= 15 is 0 Å². The van der Waals surface area contributed by atoms with Crippen molar-refractivity contribution in [2.75, 3.05) is 32.8 Å². The van der Waals surface area contributed by atoms with Gasteiger partial charge < -0.3 is 15.0 Å². The first kappa shape index (κ1) is 22.3. The van der Waals surface area contributed by atoms with E-state index in [1.165, 1.54) is 16.6 Å². The molecule has 0 unspecified atom stereocenters. The smallest absolute Gasteiger partial charge is 0.267 e. The number of ether oxygens (including phenoxy) is 1. The third kappa shape index (κ3) is 4.77. The summed E-state index contributed by atoms with van der Waals surface area (Å²) in [6.07, 6.45) is 2.01. The summed E-state index contributed by atoms with van der Waals surface area (Å²) in [6.45, 7) is 5.79. The van der Waals surface area contributed by atoms with Gasteiger partial charge in [0.05, 0.1) is 24.6 Å². The summed E-state index contributed by atoms with van der Waals surface area (Å²) in [7, 11) is -3.63. The zero-order valence-corrected chi connectivity index (χ0v) is 19.0. The van der Waals surface area contributed by atoms with Gasteiger partial charge in [-0.2, -0.15) is 9.40 Å². The highest BCUT2D eigenvalue weighted by atomic mass is 32.2. The van der Waals surface area contributed by atoms with E-state index in [1.807, 2.05) is 48.9 Å². The van der Waals surface area contributed by atoms with Crippen molar-refractivity contribution in [1.82, 2.24) is 24.4 Å². The molecule has 0 spiro atoms. The summed E-state index contributed by atoms with van der Waals surface area (Å²) in [5, 5.41) is 7.32. The highest BCUT2D eigenvalue weighted by Crippen LogP contribution is 2.18. The lowest BCUT2D eigenvalue weighted by Crippen LogP contribution is -2.40. The number of rotatable bonds is 7. The molecule has 1 fully saturated rings. The van der Waals surface area contributed by atoms with E-state index in [0.29, 0.717) is 39.3 Å². The van der Waals surface area contributed by atoms with Gasteiger partial charge in [-0.25, -0.2) is 13.1 Å². The van der Waals surface area contributed by atoms with Crippen LogP contribution in [0.4, 0.5) is 0 Å². The number of sulfonamides is 1. The Hall–Kier alpha value is -2.95. The topological polar surface area (TPSA) is 109 Å². The number of nitrogens with zero attached hydrogens (tertiary/aromatic N) is 3. The molecule has 9 nitrogen and oxygen atoms in total. The van der Waals surface area contributed by atoms with Crippen molar-refractivity contribution < 1.29 is 17.9 Å². The summed E-state index contributed by atoms with van der Waals surface area (Å²) >= 11 is 0. The summed E-state index contributed by atoms with van der Waals surface area (Å²) in [5.74, 6) is -0.340. The predicted octanol–water partition coefficient (Wildman–Crippen LogP) is 1.81. The van der Waals surface area contributed by atoms with Crippen molar-refractivity contribution in [3.8, 4) is 5.69 Å². The number of aryl methyl sites for hydroxylation is 2. The van der Waals surface area contributed by atoms with E-state index in [0.717, 1.165) is 22.6 Å². The third-order valence-corrected chi connectivity index (χ3v) is 7.28. The van der Waals surface area contributed by atoms with Gasteiger partial charge in [0.2, 0.25) is 10.0 Å². The number of aromatic amines is 1. The second kappa shape index (κ2) is 9.27. The molecule has 10 heteroatoms. The Morgan fingerprint density at radius 3 is 2.53 bits per heavy atom. The SMILES string of the molecule is Cc1cc(C)n(-c2ccc(CCNC(=O)c3cc(S(=O)(=O)N4CCOCC4)c[nH]3)cc2)n1. The normalized spacial score (nSPS) is 15.1. The quantitative estimate of drug-likeness (QED) is 0.562. The molecular weight excluding hydrogens is 430 g/mol. The Balaban J connectivity index is 1.32. The number of nitrogens with one attached hydrogen (secondary N) is 2. The third-order valence-electron chi connectivity index (χ3n) is 5.40.